The molecule has 0 aromatic heterocycles. The quantitative estimate of drug-likeness (QED) is 0.568. The van der Waals surface area contributed by atoms with Gasteiger partial charge in [-0.3, -0.25) is 9.59 Å². The summed E-state index contributed by atoms with van der Waals surface area (Å²) < 4.78 is 10.0. The van der Waals surface area contributed by atoms with Gasteiger partial charge in [0, 0.05) is 0 Å². The van der Waals surface area contributed by atoms with Crippen molar-refractivity contribution < 1.29 is 19.1 Å². The lowest BCUT2D eigenvalue weighted by Gasteiger charge is -2.24. The van der Waals surface area contributed by atoms with E-state index in [1.165, 1.54) is 0 Å². The number of aryl methyl sites for hydroxylation is 1. The van der Waals surface area contributed by atoms with Crippen molar-refractivity contribution in [1.29, 1.82) is 0 Å². The van der Waals surface area contributed by atoms with E-state index < -0.39 is 17.4 Å². The van der Waals surface area contributed by atoms with Crippen LogP contribution in [0.3, 0.4) is 0 Å². The third-order valence-corrected chi connectivity index (χ3v) is 3.21. The van der Waals surface area contributed by atoms with Crippen molar-refractivity contribution in [2.75, 3.05) is 13.2 Å². The molecule has 1 aromatic rings. The fraction of sp³-hybridized carbons (Fsp3) is 0.500. The van der Waals surface area contributed by atoms with Crippen LogP contribution in [-0.4, -0.2) is 25.2 Å². The van der Waals surface area contributed by atoms with Gasteiger partial charge in [0.2, 0.25) is 0 Å². The number of esters is 2. The highest BCUT2D eigenvalue weighted by Gasteiger charge is 2.43. The Morgan fingerprint density at radius 3 is 1.95 bits per heavy atom. The van der Waals surface area contributed by atoms with Crippen molar-refractivity contribution in [2.24, 2.45) is 5.41 Å². The lowest BCUT2D eigenvalue weighted by molar-refractivity contribution is -0.171. The summed E-state index contributed by atoms with van der Waals surface area (Å²) in [5, 5.41) is 0. The first-order valence-corrected chi connectivity index (χ1v) is 6.93. The van der Waals surface area contributed by atoms with Crippen molar-refractivity contribution in [2.45, 2.75) is 33.6 Å². The van der Waals surface area contributed by atoms with Gasteiger partial charge in [-0.15, -0.1) is 0 Å². The van der Waals surface area contributed by atoms with E-state index in [0.717, 1.165) is 5.56 Å². The van der Waals surface area contributed by atoms with Crippen LogP contribution >= 0.6 is 0 Å². The normalized spacial score (nSPS) is 10.9. The standard InChI is InChI=1S/C16H22O4/c1-4-19-14(17)16(3,15(18)20-5-2)12-11-13-9-7-6-8-10-13/h6-10H,4-5,11-12H2,1-3H3. The van der Waals surface area contributed by atoms with E-state index >= 15 is 0 Å². The molecular formula is C16H22O4. The second-order valence-corrected chi connectivity index (χ2v) is 4.76. The molecule has 1 rings (SSSR count). The van der Waals surface area contributed by atoms with Gasteiger partial charge in [-0.2, -0.15) is 0 Å². The number of ether oxygens (including phenoxy) is 2. The van der Waals surface area contributed by atoms with Crippen LogP contribution < -0.4 is 0 Å². The fourth-order valence-electron chi connectivity index (χ4n) is 1.91. The van der Waals surface area contributed by atoms with Gasteiger partial charge >= 0.3 is 11.9 Å². The molecule has 4 nitrogen and oxygen atoms in total. The van der Waals surface area contributed by atoms with Crippen molar-refractivity contribution >= 4 is 11.9 Å². The molecule has 0 unspecified atom stereocenters. The van der Waals surface area contributed by atoms with Crippen molar-refractivity contribution in [3.63, 3.8) is 0 Å². The van der Waals surface area contributed by atoms with E-state index in [9.17, 15) is 9.59 Å². The first kappa shape index (κ1) is 16.2. The fourth-order valence-corrected chi connectivity index (χ4v) is 1.91. The van der Waals surface area contributed by atoms with Gasteiger partial charge in [0.1, 0.15) is 0 Å². The highest BCUT2D eigenvalue weighted by atomic mass is 16.6. The zero-order chi connectivity index (χ0) is 15.0. The van der Waals surface area contributed by atoms with Gasteiger partial charge in [0.25, 0.3) is 0 Å². The van der Waals surface area contributed by atoms with Crippen LogP contribution in [-0.2, 0) is 25.5 Å². The maximum atomic E-state index is 12.1. The highest BCUT2D eigenvalue weighted by Crippen LogP contribution is 2.27. The highest BCUT2D eigenvalue weighted by molar-refractivity contribution is 5.99. The molecule has 0 saturated heterocycles. The lowest BCUT2D eigenvalue weighted by Crippen LogP contribution is -2.40. The molecule has 1 aromatic carbocycles. The maximum absolute atomic E-state index is 12.1. The largest absolute Gasteiger partial charge is 0.465 e. The predicted octanol–water partition coefficient (Wildman–Crippen LogP) is 2.75. The van der Waals surface area contributed by atoms with Crippen molar-refractivity contribution in [3.8, 4) is 0 Å². The minimum atomic E-state index is -1.25. The lowest BCUT2D eigenvalue weighted by atomic mass is 9.84. The smallest absolute Gasteiger partial charge is 0.323 e. The Bertz CT molecular complexity index is 421. The molecule has 0 atom stereocenters. The Kier molecular flexibility index (Phi) is 6.22. The third-order valence-electron chi connectivity index (χ3n) is 3.21. The minimum absolute atomic E-state index is 0.249. The maximum Gasteiger partial charge on any atom is 0.323 e. The SMILES string of the molecule is CCOC(=O)C(C)(CCc1ccccc1)C(=O)OCC. The Balaban J connectivity index is 2.82. The average molecular weight is 278 g/mol. The second-order valence-electron chi connectivity index (χ2n) is 4.76. The molecule has 0 heterocycles. The van der Waals surface area contributed by atoms with Crippen LogP contribution in [0.15, 0.2) is 30.3 Å². The topological polar surface area (TPSA) is 52.6 Å². The van der Waals surface area contributed by atoms with Crippen LogP contribution in [0.5, 0.6) is 0 Å². The molecule has 0 N–H and O–H groups in total. The summed E-state index contributed by atoms with van der Waals surface area (Å²) in [5.41, 5.74) is -0.172. The summed E-state index contributed by atoms with van der Waals surface area (Å²) in [6.45, 7) is 5.53. The Morgan fingerprint density at radius 2 is 1.50 bits per heavy atom. The van der Waals surface area contributed by atoms with E-state index in [1.807, 2.05) is 30.3 Å². The van der Waals surface area contributed by atoms with Crippen molar-refractivity contribution in [3.05, 3.63) is 35.9 Å². The summed E-state index contributed by atoms with van der Waals surface area (Å²) in [7, 11) is 0. The van der Waals surface area contributed by atoms with Gasteiger partial charge in [0.05, 0.1) is 13.2 Å². The van der Waals surface area contributed by atoms with E-state index in [2.05, 4.69) is 0 Å². The summed E-state index contributed by atoms with van der Waals surface area (Å²) in [4.78, 5) is 24.2. The number of benzene rings is 1. The van der Waals surface area contributed by atoms with Crippen LogP contribution in [0.4, 0.5) is 0 Å². The molecule has 0 aliphatic carbocycles. The van der Waals surface area contributed by atoms with Crippen LogP contribution in [0, 0.1) is 5.41 Å². The van der Waals surface area contributed by atoms with Crippen LogP contribution in [0.25, 0.3) is 0 Å². The Hall–Kier alpha value is -1.84. The molecule has 0 fully saturated rings. The zero-order valence-corrected chi connectivity index (χ0v) is 12.3. The monoisotopic (exact) mass is 278 g/mol. The number of hydrogen-bond acceptors (Lipinski definition) is 4. The predicted molar refractivity (Wildman–Crippen MR) is 76.1 cm³/mol. The van der Waals surface area contributed by atoms with Crippen molar-refractivity contribution in [1.82, 2.24) is 0 Å². The number of carbonyl (C=O) groups excluding carboxylic acids is 2. The molecule has 0 radical (unpaired) electrons. The Labute approximate surface area is 120 Å². The summed E-state index contributed by atoms with van der Waals surface area (Å²) in [5.74, 6) is -1.04. The second kappa shape index (κ2) is 7.68. The van der Waals surface area contributed by atoms with E-state index in [0.29, 0.717) is 12.8 Å². The molecule has 0 bridgehead atoms. The summed E-state index contributed by atoms with van der Waals surface area (Å²) in [6, 6.07) is 9.73. The zero-order valence-electron chi connectivity index (χ0n) is 12.3. The van der Waals surface area contributed by atoms with E-state index in [1.54, 1.807) is 20.8 Å². The minimum Gasteiger partial charge on any atom is -0.465 e. The van der Waals surface area contributed by atoms with Gasteiger partial charge < -0.3 is 9.47 Å². The van der Waals surface area contributed by atoms with E-state index in [-0.39, 0.29) is 13.2 Å². The van der Waals surface area contributed by atoms with Gasteiger partial charge in [-0.1, -0.05) is 30.3 Å². The molecule has 0 aliphatic rings. The number of hydrogen-bond donors (Lipinski definition) is 0. The average Bonchev–Trinajstić information content (AvgIpc) is 2.46. The number of carbonyl (C=O) groups is 2. The van der Waals surface area contributed by atoms with Crippen LogP contribution in [0.2, 0.25) is 0 Å². The molecular weight excluding hydrogens is 256 g/mol. The first-order chi connectivity index (χ1) is 9.54. The van der Waals surface area contributed by atoms with Gasteiger partial charge in [0.15, 0.2) is 5.41 Å². The number of rotatable bonds is 7. The molecule has 0 saturated carbocycles. The molecule has 110 valence electrons. The molecule has 0 spiro atoms. The molecule has 4 heteroatoms. The summed E-state index contributed by atoms with van der Waals surface area (Å²) >= 11 is 0. The molecule has 20 heavy (non-hydrogen) atoms. The molecule has 0 aliphatic heterocycles. The Morgan fingerprint density at radius 1 is 1.00 bits per heavy atom. The summed E-state index contributed by atoms with van der Waals surface area (Å²) in [6.07, 6.45) is 0.990. The third kappa shape index (κ3) is 4.08. The van der Waals surface area contributed by atoms with Crippen LogP contribution in [0.1, 0.15) is 32.8 Å². The molecule has 0 amide bonds. The first-order valence-electron chi connectivity index (χ1n) is 6.93. The van der Waals surface area contributed by atoms with E-state index in [4.69, 9.17) is 9.47 Å². The van der Waals surface area contributed by atoms with Gasteiger partial charge in [-0.05, 0) is 39.2 Å². The van der Waals surface area contributed by atoms with Gasteiger partial charge in [-0.25, -0.2) is 0 Å².